The van der Waals surface area contributed by atoms with Crippen molar-refractivity contribution in [1.82, 2.24) is 10.3 Å². The first-order valence-electron chi connectivity index (χ1n) is 6.29. The lowest BCUT2D eigenvalue weighted by Crippen LogP contribution is -2.33. The molecule has 0 aliphatic heterocycles. The Hall–Kier alpha value is -1.98. The van der Waals surface area contributed by atoms with Crippen molar-refractivity contribution in [3.63, 3.8) is 0 Å². The van der Waals surface area contributed by atoms with Gasteiger partial charge in [-0.25, -0.2) is 9.78 Å². The Labute approximate surface area is 113 Å². The largest absolute Gasteiger partial charge is 0.444 e. The maximum absolute atomic E-state index is 11.3. The predicted molar refractivity (Wildman–Crippen MR) is 76.0 cm³/mol. The maximum atomic E-state index is 11.3. The second kappa shape index (κ2) is 6.82. The molecule has 0 fully saturated rings. The minimum absolute atomic E-state index is 0.391. The Morgan fingerprint density at radius 2 is 2.11 bits per heavy atom. The van der Waals surface area contributed by atoms with Crippen molar-refractivity contribution in [2.45, 2.75) is 32.8 Å². The van der Waals surface area contributed by atoms with Gasteiger partial charge in [0.25, 0.3) is 0 Å². The molecule has 19 heavy (non-hydrogen) atoms. The van der Waals surface area contributed by atoms with Crippen molar-refractivity contribution in [3.8, 4) is 0 Å². The van der Waals surface area contributed by atoms with E-state index in [4.69, 9.17) is 10.5 Å². The molecule has 0 bridgehead atoms. The SMILES string of the molecule is CC(C)(C)OC(=O)NCCCNc1ccc(N)cn1. The van der Waals surface area contributed by atoms with Crippen molar-refractivity contribution in [1.29, 1.82) is 0 Å². The van der Waals surface area contributed by atoms with Gasteiger partial charge in [0.2, 0.25) is 0 Å². The zero-order chi connectivity index (χ0) is 14.3. The third kappa shape index (κ3) is 7.13. The number of ether oxygens (including phenoxy) is 1. The van der Waals surface area contributed by atoms with Gasteiger partial charge < -0.3 is 21.1 Å². The number of hydrogen-bond acceptors (Lipinski definition) is 5. The summed E-state index contributed by atoms with van der Waals surface area (Å²) < 4.78 is 5.12. The summed E-state index contributed by atoms with van der Waals surface area (Å²) in [5, 5.41) is 5.83. The van der Waals surface area contributed by atoms with Gasteiger partial charge in [-0.15, -0.1) is 0 Å². The van der Waals surface area contributed by atoms with Crippen molar-refractivity contribution < 1.29 is 9.53 Å². The number of carbonyl (C=O) groups is 1. The third-order valence-corrected chi connectivity index (χ3v) is 2.11. The molecule has 0 spiro atoms. The highest BCUT2D eigenvalue weighted by molar-refractivity contribution is 5.67. The lowest BCUT2D eigenvalue weighted by atomic mass is 10.2. The van der Waals surface area contributed by atoms with Gasteiger partial charge in [-0.05, 0) is 39.3 Å². The number of nitrogens with two attached hydrogens (primary N) is 1. The van der Waals surface area contributed by atoms with Gasteiger partial charge in [0, 0.05) is 13.1 Å². The molecule has 0 saturated carbocycles. The van der Waals surface area contributed by atoms with Crippen LogP contribution < -0.4 is 16.4 Å². The molecule has 0 saturated heterocycles. The Morgan fingerprint density at radius 1 is 1.37 bits per heavy atom. The minimum atomic E-state index is -0.462. The van der Waals surface area contributed by atoms with Crippen LogP contribution in [0.25, 0.3) is 0 Å². The fraction of sp³-hybridized carbons (Fsp3) is 0.538. The van der Waals surface area contributed by atoms with Crippen molar-refractivity contribution in [3.05, 3.63) is 18.3 Å². The highest BCUT2D eigenvalue weighted by atomic mass is 16.6. The molecular weight excluding hydrogens is 244 g/mol. The van der Waals surface area contributed by atoms with E-state index in [1.807, 2.05) is 26.8 Å². The molecule has 1 rings (SSSR count). The molecule has 1 amide bonds. The summed E-state index contributed by atoms with van der Waals surface area (Å²) in [7, 11) is 0. The Morgan fingerprint density at radius 3 is 2.68 bits per heavy atom. The van der Waals surface area contributed by atoms with Crippen LogP contribution in [0, 0.1) is 0 Å². The average molecular weight is 266 g/mol. The molecule has 6 heteroatoms. The van der Waals surface area contributed by atoms with E-state index < -0.39 is 11.7 Å². The number of nitrogens with zero attached hydrogens (tertiary/aromatic N) is 1. The normalized spacial score (nSPS) is 10.9. The van der Waals surface area contributed by atoms with Crippen LogP contribution in [-0.4, -0.2) is 29.8 Å². The highest BCUT2D eigenvalue weighted by Crippen LogP contribution is 2.07. The summed E-state index contributed by atoms with van der Waals surface area (Å²) in [6.45, 7) is 6.77. The molecule has 0 radical (unpaired) electrons. The Bertz CT molecular complexity index is 398. The van der Waals surface area contributed by atoms with E-state index in [0.29, 0.717) is 18.8 Å². The minimum Gasteiger partial charge on any atom is -0.444 e. The van der Waals surface area contributed by atoms with Crippen molar-refractivity contribution in [2.24, 2.45) is 0 Å². The lowest BCUT2D eigenvalue weighted by molar-refractivity contribution is 0.0528. The smallest absolute Gasteiger partial charge is 0.407 e. The van der Waals surface area contributed by atoms with E-state index in [2.05, 4.69) is 15.6 Å². The van der Waals surface area contributed by atoms with E-state index in [1.165, 1.54) is 0 Å². The quantitative estimate of drug-likeness (QED) is 0.709. The van der Waals surface area contributed by atoms with Gasteiger partial charge in [-0.1, -0.05) is 0 Å². The zero-order valence-electron chi connectivity index (χ0n) is 11.7. The van der Waals surface area contributed by atoms with Crippen LogP contribution in [-0.2, 0) is 4.74 Å². The van der Waals surface area contributed by atoms with E-state index in [0.717, 1.165) is 12.2 Å². The number of aromatic nitrogens is 1. The number of rotatable bonds is 5. The molecule has 106 valence electrons. The number of pyridine rings is 1. The summed E-state index contributed by atoms with van der Waals surface area (Å²) in [5.74, 6) is 0.770. The lowest BCUT2D eigenvalue weighted by Gasteiger charge is -2.19. The number of hydrogen-bond donors (Lipinski definition) is 3. The molecule has 1 aromatic heterocycles. The van der Waals surface area contributed by atoms with Gasteiger partial charge in [-0.2, -0.15) is 0 Å². The summed E-state index contributed by atoms with van der Waals surface area (Å²) >= 11 is 0. The summed E-state index contributed by atoms with van der Waals surface area (Å²) in [6.07, 6.45) is 1.99. The molecular formula is C13H22N4O2. The fourth-order valence-corrected chi connectivity index (χ4v) is 1.32. The highest BCUT2D eigenvalue weighted by Gasteiger charge is 2.15. The van der Waals surface area contributed by atoms with E-state index in [9.17, 15) is 4.79 Å². The average Bonchev–Trinajstić information content (AvgIpc) is 2.29. The number of alkyl carbamates (subject to hydrolysis) is 1. The van der Waals surface area contributed by atoms with Crippen LogP contribution >= 0.6 is 0 Å². The second-order valence-corrected chi connectivity index (χ2v) is 5.19. The predicted octanol–water partition coefficient (Wildman–Crippen LogP) is 1.99. The van der Waals surface area contributed by atoms with Gasteiger partial charge in [-0.3, -0.25) is 0 Å². The van der Waals surface area contributed by atoms with Crippen molar-refractivity contribution in [2.75, 3.05) is 24.1 Å². The maximum Gasteiger partial charge on any atom is 0.407 e. The Kier molecular flexibility index (Phi) is 5.41. The summed E-state index contributed by atoms with van der Waals surface area (Å²) in [5.41, 5.74) is 5.71. The fourth-order valence-electron chi connectivity index (χ4n) is 1.32. The molecule has 0 aliphatic rings. The van der Waals surface area contributed by atoms with E-state index >= 15 is 0 Å². The van der Waals surface area contributed by atoms with Crippen LogP contribution in [0.15, 0.2) is 18.3 Å². The number of anilines is 2. The molecule has 0 atom stereocenters. The zero-order valence-corrected chi connectivity index (χ0v) is 11.7. The molecule has 1 heterocycles. The first-order chi connectivity index (χ1) is 8.87. The first-order valence-corrected chi connectivity index (χ1v) is 6.29. The number of carbonyl (C=O) groups excluding carboxylic acids is 1. The monoisotopic (exact) mass is 266 g/mol. The summed E-state index contributed by atoms with van der Waals surface area (Å²) in [4.78, 5) is 15.5. The van der Waals surface area contributed by atoms with Gasteiger partial charge in [0.1, 0.15) is 11.4 Å². The van der Waals surface area contributed by atoms with Crippen molar-refractivity contribution >= 4 is 17.6 Å². The van der Waals surface area contributed by atoms with Crippen LogP contribution in [0.2, 0.25) is 0 Å². The molecule has 0 aliphatic carbocycles. The van der Waals surface area contributed by atoms with Crippen LogP contribution in [0.4, 0.5) is 16.3 Å². The first kappa shape index (κ1) is 15.1. The standard InChI is InChI=1S/C13H22N4O2/c1-13(2,3)19-12(18)16-8-4-7-15-11-6-5-10(14)9-17-11/h5-6,9H,4,7-8,14H2,1-3H3,(H,15,17)(H,16,18). The number of amides is 1. The number of nitrogen functional groups attached to an aromatic ring is 1. The van der Waals surface area contributed by atoms with Gasteiger partial charge in [0.15, 0.2) is 0 Å². The number of nitrogens with one attached hydrogen (secondary N) is 2. The summed E-state index contributed by atoms with van der Waals surface area (Å²) in [6, 6.07) is 3.60. The second-order valence-electron chi connectivity index (χ2n) is 5.19. The Balaban J connectivity index is 2.11. The van der Waals surface area contributed by atoms with Crippen LogP contribution in [0.3, 0.4) is 0 Å². The van der Waals surface area contributed by atoms with Crippen LogP contribution in [0.1, 0.15) is 27.2 Å². The van der Waals surface area contributed by atoms with Gasteiger partial charge in [0.05, 0.1) is 11.9 Å². The van der Waals surface area contributed by atoms with Crippen LogP contribution in [0.5, 0.6) is 0 Å². The topological polar surface area (TPSA) is 89.3 Å². The van der Waals surface area contributed by atoms with E-state index in [1.54, 1.807) is 12.3 Å². The van der Waals surface area contributed by atoms with Gasteiger partial charge >= 0.3 is 6.09 Å². The molecule has 0 aromatic carbocycles. The van der Waals surface area contributed by atoms with E-state index in [-0.39, 0.29) is 0 Å². The third-order valence-electron chi connectivity index (χ3n) is 2.11. The molecule has 1 aromatic rings. The molecule has 6 nitrogen and oxygen atoms in total. The molecule has 4 N–H and O–H groups in total. The molecule has 0 unspecified atom stereocenters.